The standard InChI is InChI=1S/C17H24N2/c1-13(2)19-16(12-18-9-4-5-10-18)11-15-8-6-7-14(3)17(15)19/h6-8,11,13H,4-5,9-10,12H2,1-3H3. The zero-order valence-electron chi connectivity index (χ0n) is 12.3. The second-order valence-electron chi connectivity index (χ2n) is 6.10. The SMILES string of the molecule is Cc1cccc2cc(CN3CCCC3)n(C(C)C)c12. The van der Waals surface area contributed by atoms with Crippen molar-refractivity contribution in [2.75, 3.05) is 13.1 Å². The molecule has 1 aliphatic rings. The Morgan fingerprint density at radius 2 is 1.89 bits per heavy atom. The highest BCUT2D eigenvalue weighted by Gasteiger charge is 2.17. The van der Waals surface area contributed by atoms with E-state index in [1.165, 1.54) is 48.1 Å². The van der Waals surface area contributed by atoms with Gasteiger partial charge >= 0.3 is 0 Å². The van der Waals surface area contributed by atoms with E-state index < -0.39 is 0 Å². The van der Waals surface area contributed by atoms with Crippen LogP contribution in [0.25, 0.3) is 10.9 Å². The van der Waals surface area contributed by atoms with Crippen LogP contribution < -0.4 is 0 Å². The van der Waals surface area contributed by atoms with Crippen LogP contribution in [0.1, 0.15) is 44.0 Å². The van der Waals surface area contributed by atoms with E-state index >= 15 is 0 Å². The molecule has 0 spiro atoms. The first-order valence-electron chi connectivity index (χ1n) is 7.48. The van der Waals surface area contributed by atoms with E-state index in [0.717, 1.165) is 6.54 Å². The Balaban J connectivity index is 2.07. The summed E-state index contributed by atoms with van der Waals surface area (Å²) in [6.45, 7) is 10.4. The predicted octanol–water partition coefficient (Wildman–Crippen LogP) is 4.13. The van der Waals surface area contributed by atoms with Crippen molar-refractivity contribution in [3.63, 3.8) is 0 Å². The summed E-state index contributed by atoms with van der Waals surface area (Å²) < 4.78 is 2.53. The van der Waals surface area contributed by atoms with E-state index in [4.69, 9.17) is 0 Å². The van der Waals surface area contributed by atoms with Crippen LogP contribution in [0.15, 0.2) is 24.3 Å². The third-order valence-electron chi connectivity index (χ3n) is 4.24. The molecule has 1 fully saturated rings. The van der Waals surface area contributed by atoms with Gasteiger partial charge in [0.15, 0.2) is 0 Å². The number of nitrogens with zero attached hydrogens (tertiary/aromatic N) is 2. The van der Waals surface area contributed by atoms with Crippen molar-refractivity contribution < 1.29 is 0 Å². The summed E-state index contributed by atoms with van der Waals surface area (Å²) in [5.41, 5.74) is 4.28. The topological polar surface area (TPSA) is 8.17 Å². The maximum Gasteiger partial charge on any atom is 0.0515 e. The maximum absolute atomic E-state index is 2.59. The second kappa shape index (κ2) is 5.01. The summed E-state index contributed by atoms with van der Waals surface area (Å²) in [5, 5.41) is 1.39. The Kier molecular flexibility index (Phi) is 3.36. The van der Waals surface area contributed by atoms with E-state index in [1.54, 1.807) is 0 Å². The molecular formula is C17H24N2. The number of aryl methyl sites for hydroxylation is 1. The molecule has 1 aliphatic heterocycles. The Labute approximate surface area is 116 Å². The average Bonchev–Trinajstić information content (AvgIpc) is 2.97. The molecule has 1 aromatic carbocycles. The first kappa shape index (κ1) is 12.7. The van der Waals surface area contributed by atoms with Crippen LogP contribution >= 0.6 is 0 Å². The van der Waals surface area contributed by atoms with Crippen molar-refractivity contribution in [2.24, 2.45) is 0 Å². The van der Waals surface area contributed by atoms with E-state index in [0.29, 0.717) is 6.04 Å². The van der Waals surface area contributed by atoms with Gasteiger partial charge in [0.05, 0.1) is 5.52 Å². The molecule has 0 unspecified atom stereocenters. The lowest BCUT2D eigenvalue weighted by Crippen LogP contribution is -2.21. The maximum atomic E-state index is 2.59. The molecule has 2 heteroatoms. The van der Waals surface area contributed by atoms with E-state index in [2.05, 4.69) is 54.5 Å². The summed E-state index contributed by atoms with van der Waals surface area (Å²) in [4.78, 5) is 2.59. The van der Waals surface area contributed by atoms with Crippen LogP contribution in [0.5, 0.6) is 0 Å². The highest BCUT2D eigenvalue weighted by atomic mass is 15.2. The third kappa shape index (κ3) is 2.30. The van der Waals surface area contributed by atoms with E-state index in [9.17, 15) is 0 Å². The number of hydrogen-bond donors (Lipinski definition) is 0. The lowest BCUT2D eigenvalue weighted by Gasteiger charge is -2.20. The van der Waals surface area contributed by atoms with Gasteiger partial charge in [-0.1, -0.05) is 18.2 Å². The minimum atomic E-state index is 0.524. The normalized spacial score (nSPS) is 16.8. The average molecular weight is 256 g/mol. The Morgan fingerprint density at radius 1 is 1.16 bits per heavy atom. The molecular weight excluding hydrogens is 232 g/mol. The largest absolute Gasteiger partial charge is 0.341 e. The van der Waals surface area contributed by atoms with Crippen molar-refractivity contribution in [3.05, 3.63) is 35.5 Å². The lowest BCUT2D eigenvalue weighted by molar-refractivity contribution is 0.319. The van der Waals surface area contributed by atoms with Crippen molar-refractivity contribution in [2.45, 2.75) is 46.2 Å². The Morgan fingerprint density at radius 3 is 2.58 bits per heavy atom. The molecule has 102 valence electrons. The molecule has 19 heavy (non-hydrogen) atoms. The first-order chi connectivity index (χ1) is 9.16. The van der Waals surface area contributed by atoms with Gasteiger partial charge in [-0.2, -0.15) is 0 Å². The van der Waals surface area contributed by atoms with Crippen LogP contribution in [0.4, 0.5) is 0 Å². The van der Waals surface area contributed by atoms with Crippen molar-refractivity contribution in [1.82, 2.24) is 9.47 Å². The molecule has 0 saturated carbocycles. The minimum Gasteiger partial charge on any atom is -0.341 e. The summed E-state index contributed by atoms with van der Waals surface area (Å²) in [6.07, 6.45) is 2.72. The second-order valence-corrected chi connectivity index (χ2v) is 6.10. The van der Waals surface area contributed by atoms with Crippen LogP contribution in [0.3, 0.4) is 0 Å². The number of aromatic nitrogens is 1. The lowest BCUT2D eigenvalue weighted by atomic mass is 10.1. The van der Waals surface area contributed by atoms with Gasteiger partial charge in [-0.15, -0.1) is 0 Å². The number of para-hydroxylation sites is 1. The molecule has 1 aromatic heterocycles. The fourth-order valence-corrected chi connectivity index (χ4v) is 3.40. The van der Waals surface area contributed by atoms with Crippen molar-refractivity contribution >= 4 is 10.9 Å². The third-order valence-corrected chi connectivity index (χ3v) is 4.24. The monoisotopic (exact) mass is 256 g/mol. The van der Waals surface area contributed by atoms with Crippen LogP contribution in [0, 0.1) is 6.92 Å². The number of likely N-dealkylation sites (tertiary alicyclic amines) is 1. The Hall–Kier alpha value is -1.28. The van der Waals surface area contributed by atoms with Gasteiger partial charge < -0.3 is 4.57 Å². The van der Waals surface area contributed by atoms with Gasteiger partial charge in [-0.3, -0.25) is 4.90 Å². The summed E-state index contributed by atoms with van der Waals surface area (Å²) in [5.74, 6) is 0. The molecule has 3 rings (SSSR count). The quantitative estimate of drug-likeness (QED) is 0.801. The van der Waals surface area contributed by atoms with E-state index in [-0.39, 0.29) is 0 Å². The summed E-state index contributed by atoms with van der Waals surface area (Å²) >= 11 is 0. The molecule has 0 bridgehead atoms. The van der Waals surface area contributed by atoms with Gasteiger partial charge in [0.2, 0.25) is 0 Å². The number of fused-ring (bicyclic) bond motifs is 1. The van der Waals surface area contributed by atoms with Gasteiger partial charge in [-0.25, -0.2) is 0 Å². The molecule has 2 heterocycles. The molecule has 2 nitrogen and oxygen atoms in total. The molecule has 0 radical (unpaired) electrons. The molecule has 1 saturated heterocycles. The molecule has 0 atom stereocenters. The van der Waals surface area contributed by atoms with Gasteiger partial charge in [0.1, 0.15) is 0 Å². The van der Waals surface area contributed by atoms with Crippen LogP contribution in [-0.4, -0.2) is 22.6 Å². The molecule has 2 aromatic rings. The molecule has 0 amide bonds. The van der Waals surface area contributed by atoms with Gasteiger partial charge in [0.25, 0.3) is 0 Å². The summed E-state index contributed by atoms with van der Waals surface area (Å²) in [6, 6.07) is 9.55. The van der Waals surface area contributed by atoms with Crippen LogP contribution in [-0.2, 0) is 6.54 Å². The summed E-state index contributed by atoms with van der Waals surface area (Å²) in [7, 11) is 0. The van der Waals surface area contributed by atoms with Crippen molar-refractivity contribution in [1.29, 1.82) is 0 Å². The van der Waals surface area contributed by atoms with Gasteiger partial charge in [-0.05, 0) is 58.3 Å². The smallest absolute Gasteiger partial charge is 0.0515 e. The number of hydrogen-bond acceptors (Lipinski definition) is 1. The van der Waals surface area contributed by atoms with Crippen LogP contribution in [0.2, 0.25) is 0 Å². The fourth-order valence-electron chi connectivity index (χ4n) is 3.40. The van der Waals surface area contributed by atoms with Gasteiger partial charge in [0, 0.05) is 23.7 Å². The highest BCUT2D eigenvalue weighted by Crippen LogP contribution is 2.28. The minimum absolute atomic E-state index is 0.524. The zero-order chi connectivity index (χ0) is 13.4. The fraction of sp³-hybridized carbons (Fsp3) is 0.529. The first-order valence-corrected chi connectivity index (χ1v) is 7.48. The van der Waals surface area contributed by atoms with E-state index in [1.807, 2.05) is 0 Å². The predicted molar refractivity (Wildman–Crippen MR) is 81.6 cm³/mol. The highest BCUT2D eigenvalue weighted by molar-refractivity contribution is 5.84. The molecule has 0 N–H and O–H groups in total. The Bertz CT molecular complexity index is 574. The van der Waals surface area contributed by atoms with Crippen molar-refractivity contribution in [3.8, 4) is 0 Å². The zero-order valence-corrected chi connectivity index (χ0v) is 12.3. The number of rotatable bonds is 3. The molecule has 0 aliphatic carbocycles. The number of benzene rings is 1.